The number of ether oxygens (including phenoxy) is 1. The van der Waals surface area contributed by atoms with Gasteiger partial charge < -0.3 is 4.74 Å². The minimum absolute atomic E-state index is 0.809. The quantitative estimate of drug-likeness (QED) is 0.224. The van der Waals surface area contributed by atoms with Crippen LogP contribution in [0.1, 0.15) is 94.5 Å². The molecule has 0 unspecified atom stereocenters. The van der Waals surface area contributed by atoms with Crippen LogP contribution in [0.3, 0.4) is 0 Å². The summed E-state index contributed by atoms with van der Waals surface area (Å²) in [5.41, 5.74) is 5.64. The molecule has 2 aromatic rings. The first kappa shape index (κ1) is 24.4. The zero-order chi connectivity index (χ0) is 21.6. The van der Waals surface area contributed by atoms with Gasteiger partial charge in [-0.15, -0.1) is 0 Å². The fourth-order valence-corrected chi connectivity index (χ4v) is 3.95. The molecule has 0 atom stereocenters. The van der Waals surface area contributed by atoms with Crippen LogP contribution < -0.4 is 9.30 Å². The van der Waals surface area contributed by atoms with E-state index in [-0.39, 0.29) is 0 Å². The van der Waals surface area contributed by atoms with Gasteiger partial charge in [0.15, 0.2) is 11.9 Å². The van der Waals surface area contributed by atoms with Gasteiger partial charge in [-0.3, -0.25) is 0 Å². The molecule has 0 bridgehead atoms. The molecule has 166 valence electrons. The predicted molar refractivity (Wildman–Crippen MR) is 128 cm³/mol. The van der Waals surface area contributed by atoms with Gasteiger partial charge in [-0.1, -0.05) is 58.6 Å². The van der Waals surface area contributed by atoms with Gasteiger partial charge in [0.1, 0.15) is 12.3 Å². The lowest BCUT2D eigenvalue weighted by atomic mass is 10.00. The lowest BCUT2D eigenvalue weighted by Crippen LogP contribution is -2.37. The molecule has 2 heteroatoms. The normalized spacial score (nSPS) is 11.1. The molecule has 0 aliphatic heterocycles. The maximum Gasteiger partial charge on any atom is 0.178 e. The number of aromatic nitrogens is 1. The number of nitrogens with zero attached hydrogens (tertiary/aromatic N) is 1. The van der Waals surface area contributed by atoms with Crippen LogP contribution in [-0.2, 0) is 25.8 Å². The van der Waals surface area contributed by atoms with Crippen molar-refractivity contribution in [2.45, 2.75) is 105 Å². The Balaban J connectivity index is 1.86. The average Bonchev–Trinajstić information content (AvgIpc) is 2.76. The maximum atomic E-state index is 6.25. The number of unbranched alkanes of at least 4 members (excludes halogenated alkanes) is 5. The van der Waals surface area contributed by atoms with Gasteiger partial charge in [0.05, 0.1) is 6.61 Å². The van der Waals surface area contributed by atoms with Crippen molar-refractivity contribution in [3.05, 3.63) is 58.9 Å². The molecule has 1 heterocycles. The second-order valence-electron chi connectivity index (χ2n) is 8.64. The number of rotatable bonds is 15. The van der Waals surface area contributed by atoms with Crippen LogP contribution in [0.5, 0.6) is 5.75 Å². The van der Waals surface area contributed by atoms with Crippen molar-refractivity contribution >= 4 is 0 Å². The second-order valence-corrected chi connectivity index (χ2v) is 8.64. The van der Waals surface area contributed by atoms with Gasteiger partial charge in [0.25, 0.3) is 0 Å². The number of hydrogen-bond donors (Lipinski definition) is 0. The average molecular weight is 411 g/mol. The first-order valence-electron chi connectivity index (χ1n) is 12.4. The molecule has 2 rings (SSSR count). The molecule has 0 radical (unpaired) electrons. The maximum absolute atomic E-state index is 6.25. The summed E-state index contributed by atoms with van der Waals surface area (Å²) in [6.07, 6.45) is 15.7. The summed E-state index contributed by atoms with van der Waals surface area (Å²) >= 11 is 0. The third-order valence-corrected chi connectivity index (χ3v) is 6.02. The minimum Gasteiger partial charge on any atom is -0.493 e. The van der Waals surface area contributed by atoms with Crippen molar-refractivity contribution in [2.24, 2.45) is 0 Å². The third-order valence-electron chi connectivity index (χ3n) is 6.02. The van der Waals surface area contributed by atoms with E-state index in [9.17, 15) is 0 Å². The first-order valence-corrected chi connectivity index (χ1v) is 12.4. The Morgan fingerprint density at radius 3 is 2.23 bits per heavy atom. The second kappa shape index (κ2) is 14.2. The Kier molecular flexibility index (Phi) is 11.6. The Hall–Kier alpha value is -1.83. The van der Waals surface area contributed by atoms with E-state index in [1.54, 1.807) is 0 Å². The van der Waals surface area contributed by atoms with Crippen molar-refractivity contribution in [2.75, 3.05) is 6.61 Å². The molecule has 2 nitrogen and oxygen atoms in total. The van der Waals surface area contributed by atoms with Crippen molar-refractivity contribution in [3.8, 4) is 5.75 Å². The topological polar surface area (TPSA) is 13.1 Å². The van der Waals surface area contributed by atoms with Crippen LogP contribution in [0.15, 0.2) is 36.5 Å². The first-order chi connectivity index (χ1) is 14.7. The standard InChI is InChI=1S/C28H44NO/c1-5-8-10-14-26-18-19-28(27(22-26)15-11-9-6-2)30-21-13-12-20-29-23-25(7-3)17-16-24(29)4/h16-19,22-23H,5-15,20-21H2,1-4H3/q+1. The van der Waals surface area contributed by atoms with Crippen LogP contribution >= 0.6 is 0 Å². The molecule has 0 N–H and O–H groups in total. The Morgan fingerprint density at radius 1 is 0.767 bits per heavy atom. The van der Waals surface area contributed by atoms with E-state index in [1.807, 2.05) is 0 Å². The zero-order valence-corrected chi connectivity index (χ0v) is 20.0. The van der Waals surface area contributed by atoms with E-state index >= 15 is 0 Å². The highest BCUT2D eigenvalue weighted by Crippen LogP contribution is 2.24. The van der Waals surface area contributed by atoms with Crippen molar-refractivity contribution in [3.63, 3.8) is 0 Å². The molecular formula is C28H44NO+. The van der Waals surface area contributed by atoms with E-state index in [1.165, 1.54) is 67.3 Å². The van der Waals surface area contributed by atoms with E-state index < -0.39 is 0 Å². The third kappa shape index (κ3) is 8.50. The van der Waals surface area contributed by atoms with Crippen LogP contribution in [0.2, 0.25) is 0 Å². The van der Waals surface area contributed by atoms with Crippen LogP contribution in [0.25, 0.3) is 0 Å². The monoisotopic (exact) mass is 410 g/mol. The number of hydrogen-bond acceptors (Lipinski definition) is 1. The Morgan fingerprint density at radius 2 is 1.50 bits per heavy atom. The van der Waals surface area contributed by atoms with Crippen LogP contribution in [-0.4, -0.2) is 6.61 Å². The van der Waals surface area contributed by atoms with Crippen LogP contribution in [0.4, 0.5) is 0 Å². The Bertz CT molecular complexity index is 737. The minimum atomic E-state index is 0.809. The fourth-order valence-electron chi connectivity index (χ4n) is 3.95. The number of pyridine rings is 1. The number of aryl methyl sites for hydroxylation is 5. The highest BCUT2D eigenvalue weighted by molar-refractivity contribution is 5.37. The van der Waals surface area contributed by atoms with Gasteiger partial charge in [-0.2, -0.15) is 0 Å². The van der Waals surface area contributed by atoms with Gasteiger partial charge in [0, 0.05) is 25.0 Å². The summed E-state index contributed by atoms with van der Waals surface area (Å²) < 4.78 is 8.64. The van der Waals surface area contributed by atoms with E-state index in [0.717, 1.165) is 44.6 Å². The summed E-state index contributed by atoms with van der Waals surface area (Å²) in [5.74, 6) is 1.11. The summed E-state index contributed by atoms with van der Waals surface area (Å²) in [6.45, 7) is 10.8. The summed E-state index contributed by atoms with van der Waals surface area (Å²) in [5, 5.41) is 0. The highest BCUT2D eigenvalue weighted by atomic mass is 16.5. The summed E-state index contributed by atoms with van der Waals surface area (Å²) in [6, 6.07) is 11.4. The van der Waals surface area contributed by atoms with Crippen molar-refractivity contribution < 1.29 is 9.30 Å². The predicted octanol–water partition coefficient (Wildman–Crippen LogP) is 7.17. The van der Waals surface area contributed by atoms with E-state index in [2.05, 4.69) is 68.8 Å². The van der Waals surface area contributed by atoms with E-state index in [0.29, 0.717) is 0 Å². The molecule has 30 heavy (non-hydrogen) atoms. The molecule has 0 saturated heterocycles. The zero-order valence-electron chi connectivity index (χ0n) is 20.0. The van der Waals surface area contributed by atoms with Gasteiger partial charge in [-0.25, -0.2) is 4.57 Å². The lowest BCUT2D eigenvalue weighted by molar-refractivity contribution is -0.703. The molecule has 0 saturated carbocycles. The molecule has 0 aliphatic carbocycles. The molecule has 0 fully saturated rings. The van der Waals surface area contributed by atoms with Gasteiger partial charge in [-0.05, 0) is 61.8 Å². The Labute approximate surface area is 185 Å². The molecule has 0 spiro atoms. The van der Waals surface area contributed by atoms with Gasteiger partial charge in [0.2, 0.25) is 0 Å². The molecule has 0 aliphatic rings. The van der Waals surface area contributed by atoms with Crippen molar-refractivity contribution in [1.29, 1.82) is 0 Å². The summed E-state index contributed by atoms with van der Waals surface area (Å²) in [4.78, 5) is 0. The van der Waals surface area contributed by atoms with Crippen molar-refractivity contribution in [1.82, 2.24) is 0 Å². The lowest BCUT2D eigenvalue weighted by Gasteiger charge is -2.13. The van der Waals surface area contributed by atoms with Crippen LogP contribution in [0, 0.1) is 6.92 Å². The fraction of sp³-hybridized carbons (Fsp3) is 0.607. The molecular weight excluding hydrogens is 366 g/mol. The molecule has 1 aromatic carbocycles. The highest BCUT2D eigenvalue weighted by Gasteiger charge is 2.09. The smallest absolute Gasteiger partial charge is 0.178 e. The van der Waals surface area contributed by atoms with E-state index in [4.69, 9.17) is 4.74 Å². The largest absolute Gasteiger partial charge is 0.493 e. The van der Waals surface area contributed by atoms with Gasteiger partial charge >= 0.3 is 0 Å². The molecule has 1 aromatic heterocycles. The summed E-state index contributed by atoms with van der Waals surface area (Å²) in [7, 11) is 0. The molecule has 0 amide bonds. The number of benzene rings is 1. The SMILES string of the molecule is CCCCCc1ccc(OCCCC[n+]2cc(CC)ccc2C)c(CCCCC)c1.